The fraction of sp³-hybridized carbons (Fsp3) is 0.838. The lowest BCUT2D eigenvalue weighted by Gasteiger charge is -2.38. The van der Waals surface area contributed by atoms with E-state index in [1.54, 1.807) is 0 Å². The summed E-state index contributed by atoms with van der Waals surface area (Å²) in [5, 5.41) is 9.16. The molecule has 284 valence electrons. The number of carbonyl (C=O) groups excluding carboxylic acids is 2. The number of allylic oxidation sites excluding steroid dienone is 1. The molecular formula is C37H78O7Si4. The van der Waals surface area contributed by atoms with Crippen molar-refractivity contribution < 1.29 is 33.0 Å². The smallest absolute Gasteiger partial charge is 0.308 e. The van der Waals surface area contributed by atoms with E-state index in [0.29, 0.717) is 26.1 Å². The maximum Gasteiger partial charge on any atom is 0.308 e. The number of aliphatic hydroxyl groups is 1. The van der Waals surface area contributed by atoms with Gasteiger partial charge in [-0.05, 0) is 61.2 Å². The number of hydrogen-bond donors (Lipinski definition) is 1. The first-order valence-electron chi connectivity index (χ1n) is 18.2. The Morgan fingerprint density at radius 2 is 0.958 bits per heavy atom. The average Bonchev–Trinajstić information content (AvgIpc) is 2.86. The van der Waals surface area contributed by atoms with Crippen LogP contribution in [0.1, 0.15) is 80.6 Å². The molecule has 0 aromatic rings. The van der Waals surface area contributed by atoms with Gasteiger partial charge in [0.1, 0.15) is 0 Å². The molecule has 0 aromatic carbocycles. The second kappa shape index (κ2) is 22.2. The normalized spacial score (nSPS) is 14.9. The van der Waals surface area contributed by atoms with E-state index in [1.165, 1.54) is 0 Å². The van der Waals surface area contributed by atoms with Gasteiger partial charge in [0.05, 0.1) is 38.3 Å². The van der Waals surface area contributed by atoms with Crippen LogP contribution in [0.15, 0.2) is 24.3 Å². The van der Waals surface area contributed by atoms with Gasteiger partial charge in [-0.2, -0.15) is 0 Å². The summed E-state index contributed by atoms with van der Waals surface area (Å²) in [6.07, 6.45) is 10.8. The number of esters is 2. The van der Waals surface area contributed by atoms with Crippen molar-refractivity contribution in [1.29, 1.82) is 0 Å². The topological polar surface area (TPSA) is 91.3 Å². The maximum atomic E-state index is 12.2. The second-order valence-corrected chi connectivity index (χ2v) is 39.2. The molecule has 48 heavy (non-hydrogen) atoms. The first kappa shape index (κ1) is 49.3. The fourth-order valence-corrected chi connectivity index (χ4v) is 7.51. The summed E-state index contributed by atoms with van der Waals surface area (Å²) in [7, 11) is -6.24. The number of carbonyl (C=O) groups is 2. The summed E-state index contributed by atoms with van der Waals surface area (Å²) >= 11 is 0. The van der Waals surface area contributed by atoms with Crippen LogP contribution in [-0.2, 0) is 27.9 Å². The summed E-state index contributed by atoms with van der Waals surface area (Å²) < 4.78 is 23.6. The van der Waals surface area contributed by atoms with Crippen molar-refractivity contribution in [2.75, 3.05) is 19.8 Å². The van der Waals surface area contributed by atoms with Gasteiger partial charge in [0.2, 0.25) is 0 Å². The zero-order chi connectivity index (χ0) is 38.0. The maximum absolute atomic E-state index is 12.2. The van der Waals surface area contributed by atoms with E-state index in [1.807, 2.05) is 12.2 Å². The van der Waals surface area contributed by atoms with Crippen LogP contribution in [0.4, 0.5) is 0 Å². The van der Waals surface area contributed by atoms with Gasteiger partial charge in [0, 0.05) is 22.8 Å². The Hall–Kier alpha value is -0.832. The SMILES string of the molecule is CC(C)(C)[Si](C)(C)O[C@H](/C=C/CCO)CC(=O)OCC[Si](C)(C)C.CCC/C=C/[C@H](CC(=O)OCC[Si](C)(C)C)O[Si](C)(C)C(C)(C)C. The molecule has 11 heteroatoms. The van der Waals surface area contributed by atoms with Gasteiger partial charge in [-0.1, -0.05) is 118 Å². The van der Waals surface area contributed by atoms with Gasteiger partial charge < -0.3 is 23.4 Å². The summed E-state index contributed by atoms with van der Waals surface area (Å²) in [5.74, 6) is -0.344. The van der Waals surface area contributed by atoms with Crippen molar-refractivity contribution in [2.24, 2.45) is 0 Å². The summed E-state index contributed by atoms with van der Waals surface area (Å²) in [5.41, 5.74) is 0. The Balaban J connectivity index is 0. The molecule has 0 amide bonds. The van der Waals surface area contributed by atoms with Crippen molar-refractivity contribution in [1.82, 2.24) is 0 Å². The molecule has 2 atom stereocenters. The molecule has 0 spiro atoms. The monoisotopic (exact) mass is 746 g/mol. The third kappa shape index (κ3) is 25.2. The fourth-order valence-electron chi connectivity index (χ4n) is 3.53. The highest BCUT2D eigenvalue weighted by Crippen LogP contribution is 2.38. The number of hydrogen-bond acceptors (Lipinski definition) is 7. The molecule has 0 bridgehead atoms. The average molecular weight is 747 g/mol. The number of ether oxygens (including phenoxy) is 2. The standard InChI is InChI=1S/C19H40O3Si2.C18H38O4Si2/c1-10-11-12-13-17(22-24(8,9)19(2,3)4)16-18(20)21-14-15-23(5,6)7;1-18(2,3)24(7,8)22-16(11-9-10-12-19)15-17(20)21-13-14-23(4,5)6/h12-13,17H,10-11,14-16H2,1-9H3;9,11,16,19H,10,12-15H2,1-8H3/b13-12+;11-9+/t17-;16-/m11/s1. The van der Waals surface area contributed by atoms with Crippen LogP contribution in [0.25, 0.3) is 0 Å². The molecule has 0 saturated heterocycles. The number of rotatable bonds is 20. The van der Waals surface area contributed by atoms with Crippen molar-refractivity contribution in [2.45, 2.75) is 180 Å². The Bertz CT molecular complexity index is 888. The molecule has 0 saturated carbocycles. The zero-order valence-corrected chi connectivity index (χ0v) is 38.4. The lowest BCUT2D eigenvalue weighted by molar-refractivity contribution is -0.145. The van der Waals surface area contributed by atoms with Gasteiger partial charge >= 0.3 is 11.9 Å². The van der Waals surface area contributed by atoms with Crippen molar-refractivity contribution in [3.8, 4) is 0 Å². The molecular weight excluding hydrogens is 669 g/mol. The van der Waals surface area contributed by atoms with Crippen LogP contribution in [0.2, 0.25) is 87.6 Å². The molecule has 0 aliphatic carbocycles. The predicted octanol–water partition coefficient (Wildman–Crippen LogP) is 10.6. The molecule has 0 fully saturated rings. The largest absolute Gasteiger partial charge is 0.466 e. The third-order valence-electron chi connectivity index (χ3n) is 8.92. The van der Waals surface area contributed by atoms with Crippen molar-refractivity contribution in [3.63, 3.8) is 0 Å². The van der Waals surface area contributed by atoms with E-state index in [9.17, 15) is 9.59 Å². The van der Waals surface area contributed by atoms with E-state index in [0.717, 1.165) is 24.9 Å². The minimum atomic E-state index is -1.97. The molecule has 7 nitrogen and oxygen atoms in total. The van der Waals surface area contributed by atoms with Crippen molar-refractivity contribution >= 4 is 44.7 Å². The molecule has 0 radical (unpaired) electrons. The van der Waals surface area contributed by atoms with Crippen LogP contribution in [0, 0.1) is 0 Å². The molecule has 0 aliphatic rings. The first-order chi connectivity index (χ1) is 21.6. The van der Waals surface area contributed by atoms with Crippen LogP contribution < -0.4 is 0 Å². The molecule has 0 rings (SSSR count). The minimum absolute atomic E-state index is 0.0812. The van der Waals surface area contributed by atoms with Crippen LogP contribution >= 0.6 is 0 Å². The van der Waals surface area contributed by atoms with Crippen molar-refractivity contribution in [3.05, 3.63) is 24.3 Å². The molecule has 0 aromatic heterocycles. The first-order valence-corrected chi connectivity index (χ1v) is 31.4. The molecule has 0 unspecified atom stereocenters. The van der Waals surface area contributed by atoms with Crippen LogP contribution in [0.3, 0.4) is 0 Å². The van der Waals surface area contributed by atoms with Gasteiger partial charge in [0.25, 0.3) is 0 Å². The van der Waals surface area contributed by atoms with E-state index in [4.69, 9.17) is 23.4 Å². The summed E-state index contributed by atoms with van der Waals surface area (Å²) in [6, 6.07) is 1.99. The molecule has 0 heterocycles. The highest BCUT2D eigenvalue weighted by molar-refractivity contribution is 6.76. The number of aliphatic hydroxyl groups excluding tert-OH is 1. The van der Waals surface area contributed by atoms with E-state index in [-0.39, 0.29) is 47.3 Å². The highest BCUT2D eigenvalue weighted by atomic mass is 28.4. The van der Waals surface area contributed by atoms with E-state index in [2.05, 4.69) is 126 Å². The lowest BCUT2D eigenvalue weighted by atomic mass is 10.2. The van der Waals surface area contributed by atoms with Gasteiger partial charge in [-0.3, -0.25) is 9.59 Å². The predicted molar refractivity (Wildman–Crippen MR) is 216 cm³/mol. The van der Waals surface area contributed by atoms with Crippen LogP contribution in [-0.4, -0.2) is 81.9 Å². The zero-order valence-electron chi connectivity index (χ0n) is 34.4. The molecule has 1 N–H and O–H groups in total. The Morgan fingerprint density at radius 1 is 0.625 bits per heavy atom. The summed E-state index contributed by atoms with van der Waals surface area (Å²) in [4.78, 5) is 24.4. The molecule has 0 aliphatic heterocycles. The quantitative estimate of drug-likeness (QED) is 0.0753. The Labute approximate surface area is 301 Å². The minimum Gasteiger partial charge on any atom is -0.466 e. The third-order valence-corrected chi connectivity index (χ3v) is 21.3. The van der Waals surface area contributed by atoms with Gasteiger partial charge in [-0.25, -0.2) is 0 Å². The van der Waals surface area contributed by atoms with E-state index < -0.39 is 32.8 Å². The number of unbranched alkanes of at least 4 members (excludes halogenated alkanes) is 1. The van der Waals surface area contributed by atoms with Crippen LogP contribution in [0.5, 0.6) is 0 Å². The Kier molecular flexibility index (Phi) is 22.8. The Morgan fingerprint density at radius 3 is 1.23 bits per heavy atom. The van der Waals surface area contributed by atoms with Gasteiger partial charge in [0.15, 0.2) is 16.6 Å². The summed E-state index contributed by atoms with van der Waals surface area (Å²) in [6.45, 7) is 39.0. The second-order valence-electron chi connectivity index (χ2n) is 18.5. The highest BCUT2D eigenvalue weighted by Gasteiger charge is 2.40. The lowest BCUT2D eigenvalue weighted by Crippen LogP contribution is -2.44. The van der Waals surface area contributed by atoms with E-state index >= 15 is 0 Å². The van der Waals surface area contributed by atoms with Gasteiger partial charge in [-0.15, -0.1) is 0 Å².